The summed E-state index contributed by atoms with van der Waals surface area (Å²) in [6.07, 6.45) is 0. The fraction of sp³-hybridized carbons (Fsp3) is 0. The van der Waals surface area contributed by atoms with Crippen LogP contribution in [-0.2, 0) is 0 Å². The number of anilines is 1. The van der Waals surface area contributed by atoms with Crippen LogP contribution in [-0.4, -0.2) is 5.16 Å². The number of hydrogen-bond donors (Lipinski definition) is 1. The van der Waals surface area contributed by atoms with Crippen molar-refractivity contribution < 1.29 is 4.52 Å². The Labute approximate surface area is 129 Å². The standard InChI is InChI=1S/C15H10BrClN2O/c16-11-7-3-1-5-9(11)13-14(19-20-15(13)18)10-6-2-4-8-12(10)17/h1-8H,18H2. The zero-order valence-electron chi connectivity index (χ0n) is 10.3. The van der Waals surface area contributed by atoms with Gasteiger partial charge in [0.1, 0.15) is 5.69 Å². The van der Waals surface area contributed by atoms with Crippen LogP contribution in [0.3, 0.4) is 0 Å². The van der Waals surface area contributed by atoms with Gasteiger partial charge in [-0.1, -0.05) is 69.1 Å². The molecule has 100 valence electrons. The van der Waals surface area contributed by atoms with Crippen molar-refractivity contribution in [2.75, 3.05) is 5.73 Å². The molecule has 0 unspecified atom stereocenters. The van der Waals surface area contributed by atoms with Crippen LogP contribution in [0.4, 0.5) is 5.88 Å². The molecule has 1 heterocycles. The van der Waals surface area contributed by atoms with Gasteiger partial charge in [0.15, 0.2) is 0 Å². The summed E-state index contributed by atoms with van der Waals surface area (Å²) >= 11 is 9.75. The van der Waals surface area contributed by atoms with E-state index in [0.29, 0.717) is 10.7 Å². The summed E-state index contributed by atoms with van der Waals surface area (Å²) in [5.74, 6) is 0.270. The molecule has 3 aromatic rings. The van der Waals surface area contributed by atoms with Crippen LogP contribution in [0.2, 0.25) is 5.02 Å². The smallest absolute Gasteiger partial charge is 0.230 e. The Morgan fingerprint density at radius 3 is 2.35 bits per heavy atom. The second-order valence-corrected chi connectivity index (χ2v) is 5.49. The highest BCUT2D eigenvalue weighted by Crippen LogP contribution is 2.41. The SMILES string of the molecule is Nc1onc(-c2ccccc2Cl)c1-c1ccccc1Br. The maximum Gasteiger partial charge on any atom is 0.230 e. The first-order chi connectivity index (χ1) is 9.68. The molecule has 20 heavy (non-hydrogen) atoms. The van der Waals surface area contributed by atoms with Crippen LogP contribution < -0.4 is 5.73 Å². The number of nitrogens with two attached hydrogens (primary N) is 1. The van der Waals surface area contributed by atoms with Crippen molar-refractivity contribution in [3.8, 4) is 22.4 Å². The average Bonchev–Trinajstić information content (AvgIpc) is 2.82. The third kappa shape index (κ3) is 2.21. The van der Waals surface area contributed by atoms with Crippen molar-refractivity contribution >= 4 is 33.4 Å². The zero-order valence-corrected chi connectivity index (χ0v) is 12.6. The lowest BCUT2D eigenvalue weighted by Gasteiger charge is -2.06. The van der Waals surface area contributed by atoms with Crippen LogP contribution in [0, 0.1) is 0 Å². The Morgan fingerprint density at radius 1 is 1.00 bits per heavy atom. The van der Waals surface area contributed by atoms with E-state index < -0.39 is 0 Å². The quantitative estimate of drug-likeness (QED) is 0.708. The third-order valence-electron chi connectivity index (χ3n) is 2.99. The fourth-order valence-electron chi connectivity index (χ4n) is 2.06. The van der Waals surface area contributed by atoms with Gasteiger partial charge in [-0.25, -0.2) is 0 Å². The van der Waals surface area contributed by atoms with Crippen molar-refractivity contribution in [1.29, 1.82) is 0 Å². The monoisotopic (exact) mass is 348 g/mol. The van der Waals surface area contributed by atoms with Gasteiger partial charge in [0.05, 0.1) is 10.6 Å². The van der Waals surface area contributed by atoms with Crippen molar-refractivity contribution in [2.24, 2.45) is 0 Å². The predicted octanol–water partition coefficient (Wildman–Crippen LogP) is 5.01. The molecular weight excluding hydrogens is 340 g/mol. The van der Waals surface area contributed by atoms with E-state index in [1.165, 1.54) is 0 Å². The Kier molecular flexibility index (Phi) is 3.51. The molecule has 0 amide bonds. The summed E-state index contributed by atoms with van der Waals surface area (Å²) in [7, 11) is 0. The molecular formula is C15H10BrClN2O. The van der Waals surface area contributed by atoms with E-state index in [9.17, 15) is 0 Å². The lowest BCUT2D eigenvalue weighted by atomic mass is 10.0. The number of nitrogens with zero attached hydrogens (tertiary/aromatic N) is 1. The van der Waals surface area contributed by atoms with Gasteiger partial charge in [0, 0.05) is 15.6 Å². The van der Waals surface area contributed by atoms with Crippen LogP contribution in [0.5, 0.6) is 0 Å². The van der Waals surface area contributed by atoms with Crippen molar-refractivity contribution in [1.82, 2.24) is 5.16 Å². The lowest BCUT2D eigenvalue weighted by Crippen LogP contribution is -1.89. The van der Waals surface area contributed by atoms with Gasteiger partial charge in [0.2, 0.25) is 5.88 Å². The lowest BCUT2D eigenvalue weighted by molar-refractivity contribution is 0.439. The second-order valence-electron chi connectivity index (χ2n) is 4.23. The highest BCUT2D eigenvalue weighted by atomic mass is 79.9. The Morgan fingerprint density at radius 2 is 1.65 bits per heavy atom. The Balaban J connectivity index is 2.26. The van der Waals surface area contributed by atoms with E-state index in [4.69, 9.17) is 21.9 Å². The second kappa shape index (κ2) is 5.31. The largest absolute Gasteiger partial charge is 0.367 e. The molecule has 0 aliphatic heterocycles. The molecule has 1 aromatic heterocycles. The molecule has 0 saturated carbocycles. The van der Waals surface area contributed by atoms with E-state index in [1.54, 1.807) is 0 Å². The number of rotatable bonds is 2. The number of nitrogen functional groups attached to an aromatic ring is 1. The Hall–Kier alpha value is -1.78. The summed E-state index contributed by atoms with van der Waals surface area (Å²) < 4.78 is 6.08. The topological polar surface area (TPSA) is 52.0 Å². The molecule has 5 heteroatoms. The minimum atomic E-state index is 0.270. The molecule has 0 radical (unpaired) electrons. The Bertz CT molecular complexity index is 770. The number of halogens is 2. The summed E-state index contributed by atoms with van der Waals surface area (Å²) in [6.45, 7) is 0. The summed E-state index contributed by atoms with van der Waals surface area (Å²) in [5.41, 5.74) is 9.03. The number of aromatic nitrogens is 1. The molecule has 3 rings (SSSR count). The van der Waals surface area contributed by atoms with Crippen LogP contribution in [0.1, 0.15) is 0 Å². The molecule has 0 aliphatic rings. The maximum absolute atomic E-state index is 6.23. The first-order valence-electron chi connectivity index (χ1n) is 5.93. The van der Waals surface area contributed by atoms with Gasteiger partial charge in [-0.3, -0.25) is 0 Å². The summed E-state index contributed by atoms with van der Waals surface area (Å²) in [6, 6.07) is 15.2. The first kappa shape index (κ1) is 13.2. The maximum atomic E-state index is 6.23. The van der Waals surface area contributed by atoms with Gasteiger partial charge in [-0.2, -0.15) is 0 Å². The summed E-state index contributed by atoms with van der Waals surface area (Å²) in [5, 5.41) is 4.66. The zero-order chi connectivity index (χ0) is 14.1. The fourth-order valence-corrected chi connectivity index (χ4v) is 2.77. The van der Waals surface area contributed by atoms with Gasteiger partial charge >= 0.3 is 0 Å². The molecule has 0 atom stereocenters. The van der Waals surface area contributed by atoms with E-state index in [-0.39, 0.29) is 5.88 Å². The molecule has 0 fully saturated rings. The van der Waals surface area contributed by atoms with Crippen LogP contribution >= 0.6 is 27.5 Å². The van der Waals surface area contributed by atoms with Gasteiger partial charge in [-0.05, 0) is 12.1 Å². The van der Waals surface area contributed by atoms with Crippen LogP contribution in [0.25, 0.3) is 22.4 Å². The van der Waals surface area contributed by atoms with E-state index in [2.05, 4.69) is 21.1 Å². The van der Waals surface area contributed by atoms with Gasteiger partial charge in [-0.15, -0.1) is 0 Å². The average molecular weight is 350 g/mol. The molecule has 0 aliphatic carbocycles. The highest BCUT2D eigenvalue weighted by Gasteiger charge is 2.20. The number of benzene rings is 2. The van der Waals surface area contributed by atoms with Gasteiger partial charge < -0.3 is 10.3 Å². The van der Waals surface area contributed by atoms with Gasteiger partial charge in [0.25, 0.3) is 0 Å². The first-order valence-corrected chi connectivity index (χ1v) is 7.10. The highest BCUT2D eigenvalue weighted by molar-refractivity contribution is 9.10. The van der Waals surface area contributed by atoms with E-state index in [1.807, 2.05) is 48.5 Å². The normalized spacial score (nSPS) is 10.7. The molecule has 0 bridgehead atoms. The molecule has 0 saturated heterocycles. The van der Waals surface area contributed by atoms with Crippen LogP contribution in [0.15, 0.2) is 57.5 Å². The minimum absolute atomic E-state index is 0.270. The van der Waals surface area contributed by atoms with Crippen molar-refractivity contribution in [3.05, 3.63) is 58.0 Å². The van der Waals surface area contributed by atoms with E-state index >= 15 is 0 Å². The predicted molar refractivity (Wildman–Crippen MR) is 84.5 cm³/mol. The molecule has 2 aromatic carbocycles. The number of hydrogen-bond acceptors (Lipinski definition) is 3. The molecule has 3 nitrogen and oxygen atoms in total. The molecule has 2 N–H and O–H groups in total. The summed E-state index contributed by atoms with van der Waals surface area (Å²) in [4.78, 5) is 0. The van der Waals surface area contributed by atoms with Crippen molar-refractivity contribution in [3.63, 3.8) is 0 Å². The van der Waals surface area contributed by atoms with Crippen molar-refractivity contribution in [2.45, 2.75) is 0 Å². The third-order valence-corrected chi connectivity index (χ3v) is 4.01. The molecule has 0 spiro atoms. The van der Waals surface area contributed by atoms with E-state index in [0.717, 1.165) is 21.2 Å². The minimum Gasteiger partial charge on any atom is -0.367 e.